The second-order valence-electron chi connectivity index (χ2n) is 11.6. The zero-order chi connectivity index (χ0) is 31.6. The summed E-state index contributed by atoms with van der Waals surface area (Å²) in [5.74, 6) is -0.377. The molecule has 0 bridgehead atoms. The summed E-state index contributed by atoms with van der Waals surface area (Å²) in [7, 11) is 0. The smallest absolute Gasteiger partial charge is 0.412 e. The highest BCUT2D eigenvalue weighted by molar-refractivity contribution is 7.13. The standard InChI is InChI=1S/C35H31N5O4S/c1-35(2,3)44-34(43)39-29-14-13-24(31-8-5-15-45-31)16-30(29)38-32(41)23-11-9-22(10-12-23)19-40-20-28-26(25-17-36-21-37-18-25)6-4-7-27(28)33(40)42/h4-18,21H,19-20H2,1-3H3,(H,38,41)(H,39,43). The van der Waals surface area contributed by atoms with Crippen LogP contribution < -0.4 is 10.6 Å². The number of nitrogens with one attached hydrogen (secondary N) is 2. The van der Waals surface area contributed by atoms with Gasteiger partial charge in [-0.3, -0.25) is 14.9 Å². The Hall–Kier alpha value is -5.35. The normalized spacial score (nSPS) is 12.5. The van der Waals surface area contributed by atoms with Gasteiger partial charge in [-0.2, -0.15) is 0 Å². The number of anilines is 2. The summed E-state index contributed by atoms with van der Waals surface area (Å²) in [6.45, 7) is 6.22. The molecule has 2 N–H and O–H groups in total. The molecule has 1 aliphatic heterocycles. The van der Waals surface area contributed by atoms with E-state index in [-0.39, 0.29) is 11.8 Å². The van der Waals surface area contributed by atoms with Gasteiger partial charge in [0.25, 0.3) is 11.8 Å². The Kier molecular flexibility index (Phi) is 8.14. The van der Waals surface area contributed by atoms with Gasteiger partial charge >= 0.3 is 6.09 Å². The average molecular weight is 618 g/mol. The SMILES string of the molecule is CC(C)(C)OC(=O)Nc1ccc(-c2cccs2)cc1NC(=O)c1ccc(CN2Cc3c(cccc3-c3cncnc3)C2=O)cc1. The lowest BCUT2D eigenvalue weighted by atomic mass is 9.99. The highest BCUT2D eigenvalue weighted by atomic mass is 32.1. The van der Waals surface area contributed by atoms with Crippen LogP contribution in [-0.4, -0.2) is 38.4 Å². The van der Waals surface area contributed by atoms with Crippen molar-refractivity contribution >= 4 is 40.6 Å². The van der Waals surface area contributed by atoms with E-state index in [1.807, 2.05) is 60.0 Å². The molecule has 0 spiro atoms. The molecular formula is C35H31N5O4S. The third-order valence-electron chi connectivity index (χ3n) is 7.21. The van der Waals surface area contributed by atoms with Gasteiger partial charge in [0.2, 0.25) is 0 Å². The predicted octanol–water partition coefficient (Wildman–Crippen LogP) is 7.63. The summed E-state index contributed by atoms with van der Waals surface area (Å²) >= 11 is 1.58. The van der Waals surface area contributed by atoms with Gasteiger partial charge in [0.15, 0.2) is 0 Å². The Bertz CT molecular complexity index is 1870. The molecule has 0 saturated heterocycles. The minimum atomic E-state index is -0.673. The molecule has 45 heavy (non-hydrogen) atoms. The second-order valence-corrected chi connectivity index (χ2v) is 12.6. The average Bonchev–Trinajstić information content (AvgIpc) is 3.67. The van der Waals surface area contributed by atoms with Crippen LogP contribution in [0.3, 0.4) is 0 Å². The van der Waals surface area contributed by atoms with Gasteiger partial charge in [-0.05, 0) is 84.8 Å². The predicted molar refractivity (Wildman–Crippen MR) is 175 cm³/mol. The quantitative estimate of drug-likeness (QED) is 0.194. The minimum Gasteiger partial charge on any atom is -0.444 e. The van der Waals surface area contributed by atoms with E-state index in [1.165, 1.54) is 6.33 Å². The van der Waals surface area contributed by atoms with Crippen LogP contribution >= 0.6 is 11.3 Å². The summed E-state index contributed by atoms with van der Waals surface area (Å²) in [6.07, 6.45) is 4.35. The first-order valence-electron chi connectivity index (χ1n) is 14.4. The van der Waals surface area contributed by atoms with Gasteiger partial charge in [0.1, 0.15) is 11.9 Å². The van der Waals surface area contributed by atoms with Gasteiger partial charge in [-0.1, -0.05) is 36.4 Å². The van der Waals surface area contributed by atoms with E-state index in [4.69, 9.17) is 4.74 Å². The molecule has 2 aromatic heterocycles. The fourth-order valence-corrected chi connectivity index (χ4v) is 5.89. The molecule has 10 heteroatoms. The lowest BCUT2D eigenvalue weighted by molar-refractivity contribution is 0.0635. The maximum Gasteiger partial charge on any atom is 0.412 e. The van der Waals surface area contributed by atoms with Gasteiger partial charge < -0.3 is 15.0 Å². The van der Waals surface area contributed by atoms with Crippen LogP contribution in [0.25, 0.3) is 21.6 Å². The van der Waals surface area contributed by atoms with Gasteiger partial charge in [-0.15, -0.1) is 11.3 Å². The fraction of sp³-hybridized carbons (Fsp3) is 0.171. The number of aromatic nitrogens is 2. The second kappa shape index (κ2) is 12.3. The van der Waals surface area contributed by atoms with Crippen LogP contribution in [0.1, 0.15) is 52.6 Å². The lowest BCUT2D eigenvalue weighted by Crippen LogP contribution is -2.27. The number of carbonyl (C=O) groups excluding carboxylic acids is 3. The molecule has 0 atom stereocenters. The van der Waals surface area contributed by atoms with E-state index < -0.39 is 11.7 Å². The van der Waals surface area contributed by atoms with Crippen molar-refractivity contribution in [2.24, 2.45) is 0 Å². The number of ether oxygens (including phenoxy) is 1. The number of hydrogen-bond donors (Lipinski definition) is 2. The maximum absolute atomic E-state index is 13.4. The van der Waals surface area contributed by atoms with E-state index >= 15 is 0 Å². The van der Waals surface area contributed by atoms with E-state index in [1.54, 1.807) is 67.6 Å². The Morgan fingerprint density at radius 3 is 2.36 bits per heavy atom. The van der Waals surface area contributed by atoms with Crippen molar-refractivity contribution in [3.05, 3.63) is 119 Å². The molecule has 3 amide bonds. The number of amides is 3. The van der Waals surface area contributed by atoms with Crippen LogP contribution in [0.15, 0.2) is 96.9 Å². The van der Waals surface area contributed by atoms with Crippen LogP contribution in [0.2, 0.25) is 0 Å². The summed E-state index contributed by atoms with van der Waals surface area (Å²) in [5.41, 5.74) is 5.86. The Labute approximate surface area is 264 Å². The largest absolute Gasteiger partial charge is 0.444 e. The van der Waals surface area contributed by atoms with Crippen LogP contribution in [-0.2, 0) is 17.8 Å². The van der Waals surface area contributed by atoms with Crippen molar-refractivity contribution < 1.29 is 19.1 Å². The first kappa shape index (κ1) is 29.7. The molecule has 0 fully saturated rings. The van der Waals surface area contributed by atoms with Crippen LogP contribution in [0, 0.1) is 0 Å². The molecule has 0 aliphatic carbocycles. The van der Waals surface area contributed by atoms with Crippen molar-refractivity contribution in [1.82, 2.24) is 14.9 Å². The summed E-state index contributed by atoms with van der Waals surface area (Å²) in [5, 5.41) is 7.69. The molecule has 5 aromatic rings. The highest BCUT2D eigenvalue weighted by Crippen LogP contribution is 2.34. The number of fused-ring (bicyclic) bond motifs is 1. The monoisotopic (exact) mass is 617 g/mol. The van der Waals surface area contributed by atoms with E-state index in [0.29, 0.717) is 35.6 Å². The van der Waals surface area contributed by atoms with E-state index in [9.17, 15) is 14.4 Å². The van der Waals surface area contributed by atoms with E-state index in [0.717, 1.165) is 32.7 Å². The molecule has 0 radical (unpaired) electrons. The van der Waals surface area contributed by atoms with Crippen molar-refractivity contribution in [2.75, 3.05) is 10.6 Å². The number of hydrogen-bond acceptors (Lipinski definition) is 7. The summed E-state index contributed by atoms with van der Waals surface area (Å²) in [4.78, 5) is 50.2. The van der Waals surface area contributed by atoms with Gasteiger partial charge in [-0.25, -0.2) is 14.8 Å². The zero-order valence-corrected chi connectivity index (χ0v) is 25.9. The molecule has 6 rings (SSSR count). The minimum absolute atomic E-state index is 0.0406. The van der Waals surface area contributed by atoms with Crippen LogP contribution in [0.4, 0.5) is 16.2 Å². The lowest BCUT2D eigenvalue weighted by Gasteiger charge is -2.21. The van der Waals surface area contributed by atoms with Crippen molar-refractivity contribution in [1.29, 1.82) is 0 Å². The van der Waals surface area contributed by atoms with Crippen molar-refractivity contribution in [3.8, 4) is 21.6 Å². The summed E-state index contributed by atoms with van der Waals surface area (Å²) in [6, 6.07) is 22.3. The first-order chi connectivity index (χ1) is 21.6. The maximum atomic E-state index is 13.4. The molecule has 0 saturated carbocycles. The Morgan fingerprint density at radius 2 is 1.64 bits per heavy atom. The number of benzene rings is 3. The number of nitrogens with zero attached hydrogens (tertiary/aromatic N) is 3. The first-order valence-corrected chi connectivity index (χ1v) is 15.3. The van der Waals surface area contributed by atoms with Crippen molar-refractivity contribution in [3.63, 3.8) is 0 Å². The van der Waals surface area contributed by atoms with Crippen molar-refractivity contribution in [2.45, 2.75) is 39.5 Å². The number of carbonyl (C=O) groups is 3. The van der Waals surface area contributed by atoms with E-state index in [2.05, 4.69) is 20.6 Å². The molecule has 226 valence electrons. The van der Waals surface area contributed by atoms with Gasteiger partial charge in [0.05, 0.1) is 11.4 Å². The van der Waals surface area contributed by atoms with Gasteiger partial charge in [0, 0.05) is 47.1 Å². The number of rotatable bonds is 7. The zero-order valence-electron chi connectivity index (χ0n) is 25.0. The molecule has 9 nitrogen and oxygen atoms in total. The fourth-order valence-electron chi connectivity index (χ4n) is 5.17. The molecule has 1 aliphatic rings. The molecule has 3 aromatic carbocycles. The molecule has 3 heterocycles. The summed E-state index contributed by atoms with van der Waals surface area (Å²) < 4.78 is 5.42. The molecular weight excluding hydrogens is 586 g/mol. The Balaban J connectivity index is 1.17. The Morgan fingerprint density at radius 1 is 0.889 bits per heavy atom. The highest BCUT2D eigenvalue weighted by Gasteiger charge is 2.29. The topological polar surface area (TPSA) is 114 Å². The third-order valence-corrected chi connectivity index (χ3v) is 8.13. The van der Waals surface area contributed by atoms with Crippen LogP contribution in [0.5, 0.6) is 0 Å². The number of thiophene rings is 1. The third kappa shape index (κ3) is 6.76. The molecule has 0 unspecified atom stereocenters.